The molecule has 2 aromatic carbocycles. The van der Waals surface area contributed by atoms with Gasteiger partial charge in [-0.25, -0.2) is 4.68 Å². The lowest BCUT2D eigenvalue weighted by molar-refractivity contribution is 0.0720. The van der Waals surface area contributed by atoms with E-state index in [4.69, 9.17) is 0 Å². The molecule has 1 amide bonds. The summed E-state index contributed by atoms with van der Waals surface area (Å²) in [5.41, 5.74) is 5.11. The summed E-state index contributed by atoms with van der Waals surface area (Å²) in [5.74, 6) is -0.0258. The van der Waals surface area contributed by atoms with E-state index in [1.165, 1.54) is 0 Å². The molecule has 0 aliphatic carbocycles. The van der Waals surface area contributed by atoms with Gasteiger partial charge < -0.3 is 9.47 Å². The van der Waals surface area contributed by atoms with E-state index in [-0.39, 0.29) is 11.5 Å². The molecule has 35 heavy (non-hydrogen) atoms. The van der Waals surface area contributed by atoms with E-state index in [9.17, 15) is 9.59 Å². The Morgan fingerprint density at radius 2 is 1.80 bits per heavy atom. The van der Waals surface area contributed by atoms with E-state index in [1.807, 2.05) is 100 Å². The van der Waals surface area contributed by atoms with Crippen LogP contribution in [0.2, 0.25) is 0 Å². The Morgan fingerprint density at radius 3 is 2.57 bits per heavy atom. The minimum Gasteiger partial charge on any atom is -0.340 e. The number of pyridine rings is 1. The van der Waals surface area contributed by atoms with E-state index in [1.54, 1.807) is 10.9 Å². The molecule has 1 aliphatic heterocycles. The molecule has 0 N–H and O–H groups in total. The molecule has 0 radical (unpaired) electrons. The number of carbonyl (C=O) groups is 1. The molecule has 7 heteroatoms. The standard InChI is InChI=1S/C28H25N5O2/c1-30-24-12-6-5-9-21(24)16-25(30)28(35)31-15-13-23-26(19-31)32(18-20-8-7-14-29-17-20)33(27(23)34)22-10-3-2-4-11-22/h2-12,14,16-17H,13,15,18-19H2,1H3. The Morgan fingerprint density at radius 1 is 1.00 bits per heavy atom. The Balaban J connectivity index is 1.43. The van der Waals surface area contributed by atoms with Crippen molar-refractivity contribution in [1.82, 2.24) is 23.8 Å². The first kappa shape index (κ1) is 21.2. The van der Waals surface area contributed by atoms with Gasteiger partial charge in [-0.15, -0.1) is 0 Å². The molecule has 7 nitrogen and oxygen atoms in total. The van der Waals surface area contributed by atoms with Crippen LogP contribution in [-0.2, 0) is 26.6 Å². The van der Waals surface area contributed by atoms with Crippen molar-refractivity contribution in [1.29, 1.82) is 0 Å². The van der Waals surface area contributed by atoms with E-state index in [2.05, 4.69) is 4.98 Å². The number of carbonyl (C=O) groups excluding carboxylic acids is 1. The van der Waals surface area contributed by atoms with Gasteiger partial charge in [-0.3, -0.25) is 19.3 Å². The first-order valence-electron chi connectivity index (χ1n) is 11.7. The normalized spacial score (nSPS) is 13.2. The number of aromatic nitrogens is 4. The maximum Gasteiger partial charge on any atom is 0.275 e. The first-order valence-corrected chi connectivity index (χ1v) is 11.7. The van der Waals surface area contributed by atoms with Crippen molar-refractivity contribution in [3.8, 4) is 5.69 Å². The fraction of sp³-hybridized carbons (Fsp3) is 0.179. The number of aryl methyl sites for hydroxylation is 1. The number of hydrogen-bond donors (Lipinski definition) is 0. The molecule has 0 bridgehead atoms. The molecule has 3 aromatic heterocycles. The molecular weight excluding hydrogens is 438 g/mol. The molecule has 0 spiro atoms. The average molecular weight is 464 g/mol. The van der Waals surface area contributed by atoms with Crippen LogP contribution >= 0.6 is 0 Å². The van der Waals surface area contributed by atoms with E-state index >= 15 is 0 Å². The van der Waals surface area contributed by atoms with Crippen molar-refractivity contribution in [3.63, 3.8) is 0 Å². The van der Waals surface area contributed by atoms with Gasteiger partial charge in [0, 0.05) is 42.5 Å². The number of hydrogen-bond acceptors (Lipinski definition) is 3. The van der Waals surface area contributed by atoms with Crippen molar-refractivity contribution < 1.29 is 4.79 Å². The predicted octanol–water partition coefficient (Wildman–Crippen LogP) is 3.77. The second-order valence-corrected chi connectivity index (χ2v) is 8.92. The quantitative estimate of drug-likeness (QED) is 0.408. The minimum absolute atomic E-state index is 0.0215. The smallest absolute Gasteiger partial charge is 0.275 e. The Kier molecular flexibility index (Phi) is 5.10. The molecule has 0 unspecified atom stereocenters. The molecular formula is C28H25N5O2. The number of para-hydroxylation sites is 2. The maximum atomic E-state index is 13.6. The summed E-state index contributed by atoms with van der Waals surface area (Å²) in [5, 5.41) is 1.04. The van der Waals surface area contributed by atoms with E-state index in [0.29, 0.717) is 31.7 Å². The van der Waals surface area contributed by atoms with Crippen LogP contribution < -0.4 is 5.56 Å². The van der Waals surface area contributed by atoms with Gasteiger partial charge >= 0.3 is 0 Å². The Hall–Kier alpha value is -4.39. The summed E-state index contributed by atoms with van der Waals surface area (Å²) < 4.78 is 5.69. The summed E-state index contributed by atoms with van der Waals surface area (Å²) in [6.07, 6.45) is 4.08. The van der Waals surface area contributed by atoms with Crippen molar-refractivity contribution in [3.05, 3.63) is 118 Å². The molecule has 0 saturated heterocycles. The molecule has 0 atom stereocenters. The van der Waals surface area contributed by atoms with Gasteiger partial charge in [-0.1, -0.05) is 42.5 Å². The van der Waals surface area contributed by atoms with E-state index < -0.39 is 0 Å². The van der Waals surface area contributed by atoms with Crippen LogP contribution in [0.4, 0.5) is 0 Å². The third-order valence-electron chi connectivity index (χ3n) is 6.84. The number of benzene rings is 2. The van der Waals surface area contributed by atoms with Crippen LogP contribution in [0.5, 0.6) is 0 Å². The fourth-order valence-corrected chi connectivity index (χ4v) is 5.06. The van der Waals surface area contributed by atoms with Crippen molar-refractivity contribution >= 4 is 16.8 Å². The topological polar surface area (TPSA) is 65.1 Å². The van der Waals surface area contributed by atoms with Crippen LogP contribution in [0.15, 0.2) is 90.0 Å². The van der Waals surface area contributed by atoms with Gasteiger partial charge in [0.1, 0.15) is 5.69 Å². The van der Waals surface area contributed by atoms with Gasteiger partial charge in [-0.05, 0) is 42.3 Å². The zero-order valence-electron chi connectivity index (χ0n) is 19.5. The lowest BCUT2D eigenvalue weighted by Gasteiger charge is -2.28. The fourth-order valence-electron chi connectivity index (χ4n) is 5.06. The average Bonchev–Trinajstić information content (AvgIpc) is 3.38. The second-order valence-electron chi connectivity index (χ2n) is 8.92. The summed E-state index contributed by atoms with van der Waals surface area (Å²) in [7, 11) is 1.93. The summed E-state index contributed by atoms with van der Waals surface area (Å²) >= 11 is 0. The number of rotatable bonds is 4. The highest BCUT2D eigenvalue weighted by Crippen LogP contribution is 2.24. The number of amides is 1. The molecule has 4 heterocycles. The Labute approximate surface area is 202 Å². The van der Waals surface area contributed by atoms with Crippen molar-refractivity contribution in [2.45, 2.75) is 19.5 Å². The van der Waals surface area contributed by atoms with Crippen molar-refractivity contribution in [2.75, 3.05) is 6.54 Å². The van der Waals surface area contributed by atoms with Crippen molar-refractivity contribution in [2.24, 2.45) is 7.05 Å². The van der Waals surface area contributed by atoms with Crippen LogP contribution in [-0.4, -0.2) is 36.3 Å². The largest absolute Gasteiger partial charge is 0.340 e. The lowest BCUT2D eigenvalue weighted by atomic mass is 10.1. The second kappa shape index (κ2) is 8.43. The molecule has 5 aromatic rings. The zero-order valence-corrected chi connectivity index (χ0v) is 19.5. The summed E-state index contributed by atoms with van der Waals surface area (Å²) in [6, 6.07) is 23.5. The molecule has 6 rings (SSSR count). The maximum absolute atomic E-state index is 13.6. The Bertz CT molecular complexity index is 1600. The first-order chi connectivity index (χ1) is 17.1. The molecule has 0 fully saturated rings. The molecule has 174 valence electrons. The highest BCUT2D eigenvalue weighted by molar-refractivity contribution is 5.98. The SMILES string of the molecule is Cn1c(C(=O)N2CCc3c(n(Cc4cccnc4)n(-c4ccccc4)c3=O)C2)cc2ccccc21. The third-order valence-corrected chi connectivity index (χ3v) is 6.84. The van der Waals surface area contributed by atoms with Gasteiger partial charge in [0.15, 0.2) is 0 Å². The molecule has 1 aliphatic rings. The van der Waals surface area contributed by atoms with Crippen LogP contribution in [0, 0.1) is 0 Å². The van der Waals surface area contributed by atoms with Gasteiger partial charge in [-0.2, -0.15) is 0 Å². The van der Waals surface area contributed by atoms with Crippen LogP contribution in [0.1, 0.15) is 27.3 Å². The minimum atomic E-state index is -0.0258. The third kappa shape index (κ3) is 3.56. The number of fused-ring (bicyclic) bond motifs is 2. The van der Waals surface area contributed by atoms with Gasteiger partial charge in [0.05, 0.1) is 24.5 Å². The highest BCUT2D eigenvalue weighted by atomic mass is 16.2. The lowest BCUT2D eigenvalue weighted by Crippen LogP contribution is -2.38. The van der Waals surface area contributed by atoms with Crippen LogP contribution in [0.25, 0.3) is 16.6 Å². The highest BCUT2D eigenvalue weighted by Gasteiger charge is 2.30. The van der Waals surface area contributed by atoms with Gasteiger partial charge in [0.2, 0.25) is 0 Å². The summed E-state index contributed by atoms with van der Waals surface area (Å²) in [4.78, 5) is 33.3. The van der Waals surface area contributed by atoms with Crippen LogP contribution in [0.3, 0.4) is 0 Å². The monoisotopic (exact) mass is 463 g/mol. The molecule has 0 saturated carbocycles. The van der Waals surface area contributed by atoms with Gasteiger partial charge in [0.25, 0.3) is 11.5 Å². The zero-order chi connectivity index (χ0) is 23.9. The summed E-state index contributed by atoms with van der Waals surface area (Å²) in [6.45, 7) is 1.38. The predicted molar refractivity (Wildman–Crippen MR) is 135 cm³/mol. The van der Waals surface area contributed by atoms with E-state index in [0.717, 1.165) is 33.4 Å². The number of nitrogens with zero attached hydrogens (tertiary/aromatic N) is 5.